The number of H-pyrrole nitrogens is 1. The summed E-state index contributed by atoms with van der Waals surface area (Å²) >= 11 is 1.63. The van der Waals surface area contributed by atoms with Crippen molar-refractivity contribution in [1.82, 2.24) is 25.1 Å². The number of hydrogen-bond donors (Lipinski definition) is 2. The van der Waals surface area contributed by atoms with Crippen LogP contribution in [0.15, 0.2) is 60.1 Å². The number of ether oxygens (including phenoxy) is 2. The quantitative estimate of drug-likeness (QED) is 0.355. The summed E-state index contributed by atoms with van der Waals surface area (Å²) in [6.07, 6.45) is 1.82. The van der Waals surface area contributed by atoms with Gasteiger partial charge in [-0.15, -0.1) is 11.3 Å². The van der Waals surface area contributed by atoms with Gasteiger partial charge in [0.25, 0.3) is 0 Å². The molecule has 2 aromatic carbocycles. The van der Waals surface area contributed by atoms with Crippen molar-refractivity contribution in [3.05, 3.63) is 60.1 Å². The molecule has 5 aromatic rings. The van der Waals surface area contributed by atoms with Gasteiger partial charge in [-0.3, -0.25) is 10.00 Å². The van der Waals surface area contributed by atoms with Crippen LogP contribution in [0.4, 0.5) is 11.5 Å². The number of fused-ring (bicyclic) bond motifs is 2. The van der Waals surface area contributed by atoms with Crippen LogP contribution in [0.5, 0.6) is 5.75 Å². The Morgan fingerprint density at radius 1 is 1.06 bits per heavy atom. The van der Waals surface area contributed by atoms with E-state index in [1.54, 1.807) is 11.3 Å². The van der Waals surface area contributed by atoms with E-state index in [0.717, 1.165) is 76.8 Å². The van der Waals surface area contributed by atoms with Crippen molar-refractivity contribution in [2.24, 2.45) is 0 Å². The monoisotopic (exact) mass is 472 g/mol. The molecule has 2 N–H and O–H groups in total. The van der Waals surface area contributed by atoms with Crippen LogP contribution in [-0.2, 0) is 4.74 Å². The molecule has 1 aliphatic rings. The lowest BCUT2D eigenvalue weighted by atomic mass is 10.2. The summed E-state index contributed by atoms with van der Waals surface area (Å²) in [6, 6.07) is 16.1. The molecular weight excluding hydrogens is 448 g/mol. The zero-order valence-electron chi connectivity index (χ0n) is 18.5. The fourth-order valence-corrected chi connectivity index (χ4v) is 4.83. The van der Waals surface area contributed by atoms with Crippen molar-refractivity contribution in [3.63, 3.8) is 0 Å². The van der Waals surface area contributed by atoms with Crippen molar-refractivity contribution in [2.45, 2.75) is 0 Å². The number of aromatic amines is 1. The topological polar surface area (TPSA) is 88.2 Å². The molecule has 0 amide bonds. The summed E-state index contributed by atoms with van der Waals surface area (Å²) in [6.45, 7) is 5.11. The molecule has 0 spiro atoms. The normalized spacial score (nSPS) is 14.6. The Hall–Kier alpha value is -3.53. The van der Waals surface area contributed by atoms with Crippen LogP contribution < -0.4 is 10.1 Å². The summed E-state index contributed by atoms with van der Waals surface area (Å²) in [7, 11) is 0. The number of aromatic nitrogens is 4. The summed E-state index contributed by atoms with van der Waals surface area (Å²) in [5.74, 6) is 2.32. The highest BCUT2D eigenvalue weighted by Gasteiger charge is 2.13. The van der Waals surface area contributed by atoms with Gasteiger partial charge >= 0.3 is 0 Å². The fraction of sp³-hybridized carbons (Fsp3) is 0.240. The van der Waals surface area contributed by atoms with Gasteiger partial charge in [0.05, 0.1) is 35.1 Å². The number of anilines is 2. The number of benzene rings is 2. The van der Waals surface area contributed by atoms with Crippen LogP contribution in [0.25, 0.3) is 32.5 Å². The Labute approximate surface area is 200 Å². The van der Waals surface area contributed by atoms with Crippen LogP contribution in [0.2, 0.25) is 0 Å². The van der Waals surface area contributed by atoms with Crippen molar-refractivity contribution < 1.29 is 9.47 Å². The summed E-state index contributed by atoms with van der Waals surface area (Å²) in [5.41, 5.74) is 3.83. The van der Waals surface area contributed by atoms with E-state index < -0.39 is 0 Å². The third kappa shape index (κ3) is 4.45. The second-order valence-electron chi connectivity index (χ2n) is 8.15. The zero-order valence-corrected chi connectivity index (χ0v) is 19.3. The van der Waals surface area contributed by atoms with Gasteiger partial charge in [-0.2, -0.15) is 5.10 Å². The van der Waals surface area contributed by atoms with Gasteiger partial charge in [0, 0.05) is 36.3 Å². The SMILES string of the molecule is c1cc2nc(-c3ccc(OCCN4CCOCC4)cc3)nc(Nc3ccc4[nH]ncc4c3)c2s1. The first-order valence-corrected chi connectivity index (χ1v) is 12.2. The third-order valence-corrected chi connectivity index (χ3v) is 6.81. The Morgan fingerprint density at radius 2 is 1.94 bits per heavy atom. The van der Waals surface area contributed by atoms with E-state index in [2.05, 4.69) is 26.5 Å². The molecule has 0 atom stereocenters. The first-order chi connectivity index (χ1) is 16.8. The number of morpholine rings is 1. The predicted molar refractivity (Wildman–Crippen MR) is 135 cm³/mol. The van der Waals surface area contributed by atoms with E-state index in [0.29, 0.717) is 12.4 Å². The second-order valence-corrected chi connectivity index (χ2v) is 9.07. The molecule has 0 bridgehead atoms. The molecule has 3 aromatic heterocycles. The molecule has 8 nitrogen and oxygen atoms in total. The number of rotatable bonds is 7. The van der Waals surface area contributed by atoms with E-state index >= 15 is 0 Å². The number of nitrogens with one attached hydrogen (secondary N) is 2. The van der Waals surface area contributed by atoms with E-state index in [-0.39, 0.29) is 0 Å². The minimum absolute atomic E-state index is 0.659. The number of nitrogens with zero attached hydrogens (tertiary/aromatic N) is 4. The molecule has 0 aliphatic carbocycles. The highest BCUT2D eigenvalue weighted by Crippen LogP contribution is 2.32. The maximum absolute atomic E-state index is 5.95. The molecule has 1 aliphatic heterocycles. The Balaban J connectivity index is 1.20. The molecule has 34 heavy (non-hydrogen) atoms. The minimum Gasteiger partial charge on any atom is -0.492 e. The molecule has 1 fully saturated rings. The van der Waals surface area contributed by atoms with Crippen LogP contribution in [0.1, 0.15) is 0 Å². The first kappa shape index (κ1) is 21.0. The van der Waals surface area contributed by atoms with Crippen LogP contribution in [0, 0.1) is 0 Å². The number of hydrogen-bond acceptors (Lipinski definition) is 8. The maximum Gasteiger partial charge on any atom is 0.162 e. The molecular formula is C25H24N6O2S. The lowest BCUT2D eigenvalue weighted by molar-refractivity contribution is 0.0322. The van der Waals surface area contributed by atoms with E-state index in [4.69, 9.17) is 19.4 Å². The van der Waals surface area contributed by atoms with Crippen molar-refractivity contribution in [2.75, 3.05) is 44.8 Å². The second kappa shape index (κ2) is 9.38. The van der Waals surface area contributed by atoms with Crippen molar-refractivity contribution in [3.8, 4) is 17.1 Å². The lowest BCUT2D eigenvalue weighted by Gasteiger charge is -2.26. The molecule has 172 valence electrons. The molecule has 0 unspecified atom stereocenters. The van der Waals surface area contributed by atoms with Gasteiger partial charge in [-0.1, -0.05) is 0 Å². The standard InChI is InChI=1S/C25H24N6O2S/c1-4-20(33-13-10-31-8-11-32-12-9-31)5-2-17(1)24-28-22-7-14-34-23(22)25(29-24)27-19-3-6-21-18(15-19)16-26-30-21/h1-7,14-16H,8-13H2,(H,26,30)(H,27,28,29). The summed E-state index contributed by atoms with van der Waals surface area (Å²) in [5, 5.41) is 13.6. The fourth-order valence-electron chi connectivity index (χ4n) is 4.05. The predicted octanol–water partition coefficient (Wildman–Crippen LogP) is 4.69. The average Bonchev–Trinajstić information content (AvgIpc) is 3.54. The average molecular weight is 473 g/mol. The molecule has 1 saturated heterocycles. The zero-order chi connectivity index (χ0) is 22.7. The van der Waals surface area contributed by atoms with Crippen LogP contribution in [-0.4, -0.2) is 64.5 Å². The molecule has 9 heteroatoms. The van der Waals surface area contributed by atoms with E-state index in [1.807, 2.05) is 54.0 Å². The summed E-state index contributed by atoms with van der Waals surface area (Å²) in [4.78, 5) is 12.0. The highest BCUT2D eigenvalue weighted by molar-refractivity contribution is 7.17. The van der Waals surface area contributed by atoms with Gasteiger partial charge in [0.2, 0.25) is 0 Å². The van der Waals surface area contributed by atoms with Gasteiger partial charge < -0.3 is 14.8 Å². The van der Waals surface area contributed by atoms with Crippen molar-refractivity contribution in [1.29, 1.82) is 0 Å². The first-order valence-electron chi connectivity index (χ1n) is 11.3. The highest BCUT2D eigenvalue weighted by atomic mass is 32.1. The van der Waals surface area contributed by atoms with E-state index in [9.17, 15) is 0 Å². The molecule has 0 radical (unpaired) electrons. The largest absolute Gasteiger partial charge is 0.492 e. The summed E-state index contributed by atoms with van der Waals surface area (Å²) < 4.78 is 12.4. The molecule has 4 heterocycles. The Bertz CT molecular complexity index is 1410. The van der Waals surface area contributed by atoms with Crippen LogP contribution >= 0.6 is 11.3 Å². The number of thiophene rings is 1. The van der Waals surface area contributed by atoms with E-state index in [1.165, 1.54) is 0 Å². The lowest BCUT2D eigenvalue weighted by Crippen LogP contribution is -2.38. The van der Waals surface area contributed by atoms with Gasteiger partial charge in [0.1, 0.15) is 12.4 Å². The Morgan fingerprint density at radius 3 is 2.82 bits per heavy atom. The van der Waals surface area contributed by atoms with Crippen molar-refractivity contribution >= 4 is 44.0 Å². The van der Waals surface area contributed by atoms with Crippen LogP contribution in [0.3, 0.4) is 0 Å². The minimum atomic E-state index is 0.659. The molecule has 0 saturated carbocycles. The van der Waals surface area contributed by atoms with Gasteiger partial charge in [0.15, 0.2) is 11.6 Å². The maximum atomic E-state index is 5.95. The van der Waals surface area contributed by atoms with Gasteiger partial charge in [-0.05, 0) is 53.9 Å². The third-order valence-electron chi connectivity index (χ3n) is 5.90. The van der Waals surface area contributed by atoms with Gasteiger partial charge in [-0.25, -0.2) is 9.97 Å². The molecule has 6 rings (SSSR count). The smallest absolute Gasteiger partial charge is 0.162 e. The Kier molecular flexibility index (Phi) is 5.80.